The van der Waals surface area contributed by atoms with Crippen molar-refractivity contribution in [1.29, 1.82) is 0 Å². The van der Waals surface area contributed by atoms with Crippen LogP contribution in [0, 0.1) is 28.6 Å². The number of carbonyl (C=O) groups excluding carboxylic acids is 4. The number of alkyl halides is 1. The zero-order valence-electron chi connectivity index (χ0n) is 25.5. The molecule has 8 atom stereocenters. The van der Waals surface area contributed by atoms with E-state index in [1.54, 1.807) is 13.0 Å². The van der Waals surface area contributed by atoms with Gasteiger partial charge < -0.3 is 19.7 Å². The highest BCUT2D eigenvalue weighted by atomic mass is 19.1. The first-order valence-electron chi connectivity index (χ1n) is 15.5. The monoisotopic (exact) mass is 608 g/mol. The fourth-order valence-electron chi connectivity index (χ4n) is 8.19. The predicted molar refractivity (Wildman–Crippen MR) is 150 cm³/mol. The highest BCUT2D eigenvalue weighted by Gasteiger charge is 2.69. The lowest BCUT2D eigenvalue weighted by Gasteiger charge is -2.60. The quantitative estimate of drug-likeness (QED) is 0.221. The van der Waals surface area contributed by atoms with Gasteiger partial charge in [0.05, 0.1) is 6.10 Å². The number of esters is 2. The van der Waals surface area contributed by atoms with Crippen LogP contribution >= 0.6 is 0 Å². The molecule has 11 heteroatoms. The second-order valence-corrected chi connectivity index (χ2v) is 13.1. The van der Waals surface area contributed by atoms with Crippen molar-refractivity contribution in [2.24, 2.45) is 28.6 Å². The number of Topliss-reactive ketones (excluding diaryl/α,β-unsaturated/α-hetero) is 1. The molecule has 0 amide bonds. The van der Waals surface area contributed by atoms with Crippen LogP contribution in [0.15, 0.2) is 23.8 Å². The molecular weight excluding hydrogens is 563 g/mol. The van der Waals surface area contributed by atoms with Gasteiger partial charge in [0.15, 0.2) is 11.6 Å². The van der Waals surface area contributed by atoms with Gasteiger partial charge in [0.2, 0.25) is 0 Å². The molecular formula is C32H45FO10. The highest BCUT2D eigenvalue weighted by molar-refractivity contribution is 6.01. The number of halogens is 1. The largest absolute Gasteiger partial charge is 0.512 e. The normalized spacial score (nSPS) is 36.7. The minimum Gasteiger partial charge on any atom is -0.393 e. The number of carbonyl (C=O) groups is 4. The molecule has 3 saturated carbocycles. The van der Waals surface area contributed by atoms with Crippen molar-refractivity contribution in [2.45, 2.75) is 116 Å². The number of fused-ring (bicyclic) bond motifs is 5. The maximum absolute atomic E-state index is 15.6. The van der Waals surface area contributed by atoms with Gasteiger partial charge >= 0.3 is 18.1 Å². The first-order valence-corrected chi connectivity index (χ1v) is 15.5. The Morgan fingerprint density at radius 2 is 1.70 bits per heavy atom. The third kappa shape index (κ3) is 6.10. The number of hydrogen-bond acceptors (Lipinski definition) is 10. The van der Waals surface area contributed by atoms with Gasteiger partial charge in [-0.25, -0.2) is 4.39 Å². The molecule has 0 aromatic rings. The predicted octanol–water partition coefficient (Wildman–Crippen LogP) is 3.60. The van der Waals surface area contributed by atoms with Gasteiger partial charge in [0, 0.05) is 29.6 Å². The maximum Gasteiger partial charge on any atom is 0.512 e. The lowest BCUT2D eigenvalue weighted by Crippen LogP contribution is -2.63. The van der Waals surface area contributed by atoms with Gasteiger partial charge in [-0.15, -0.1) is 0 Å². The van der Waals surface area contributed by atoms with Gasteiger partial charge in [0.1, 0.15) is 18.4 Å². The fraction of sp³-hybridized carbons (Fsp3) is 0.750. The zero-order chi connectivity index (χ0) is 31.8. The van der Waals surface area contributed by atoms with E-state index >= 15 is 4.39 Å². The van der Waals surface area contributed by atoms with Crippen molar-refractivity contribution in [3.63, 3.8) is 0 Å². The molecule has 0 saturated heterocycles. The van der Waals surface area contributed by atoms with Crippen molar-refractivity contribution in [2.75, 3.05) is 6.61 Å². The van der Waals surface area contributed by atoms with E-state index in [1.165, 1.54) is 12.2 Å². The van der Waals surface area contributed by atoms with Crippen molar-refractivity contribution in [3.05, 3.63) is 23.8 Å². The van der Waals surface area contributed by atoms with Crippen molar-refractivity contribution < 1.29 is 53.1 Å². The Bertz CT molecular complexity index is 1160. The zero-order valence-corrected chi connectivity index (χ0v) is 25.5. The second kappa shape index (κ2) is 12.5. The molecule has 0 radical (unpaired) electrons. The Morgan fingerprint density at radius 1 is 1.09 bits per heavy atom. The summed E-state index contributed by atoms with van der Waals surface area (Å²) in [5.74, 6) is -4.08. The average Bonchev–Trinajstić information content (AvgIpc) is 3.21. The molecule has 3 fully saturated rings. The Balaban J connectivity index is 1.54. The van der Waals surface area contributed by atoms with E-state index in [0.29, 0.717) is 37.7 Å². The van der Waals surface area contributed by atoms with E-state index in [1.807, 2.05) is 20.8 Å². The van der Waals surface area contributed by atoms with Crippen LogP contribution in [-0.4, -0.2) is 69.5 Å². The molecule has 1 unspecified atom stereocenters. The Labute approximate surface area is 251 Å². The summed E-state index contributed by atoms with van der Waals surface area (Å²) in [5, 5.41) is 34.3. The molecule has 0 spiro atoms. The molecule has 0 bridgehead atoms. The molecule has 4 rings (SSSR count). The standard InChI is InChI=1S/C32H45FO10/c1-5-7-9-26(37)42-32(40,43-27(38)10-8-6-2)41-18-25(36)31(39)14-12-21-20-16-23(33)22-15-19(34)11-13-29(22,3)28(20)24(35)17-30(21,31)4/h11,13,15,20-21,23-24,28,35,39-40H,5-10,12,14,16-18H2,1-4H3/t20-,21-,23-,24?,28+,29-,30-,31-/m0/s1. The molecule has 0 heterocycles. The van der Waals surface area contributed by atoms with Crippen molar-refractivity contribution >= 4 is 23.5 Å². The molecule has 4 aliphatic rings. The summed E-state index contributed by atoms with van der Waals surface area (Å²) < 4.78 is 30.7. The first-order chi connectivity index (χ1) is 20.1. The molecule has 10 nitrogen and oxygen atoms in total. The van der Waals surface area contributed by atoms with Gasteiger partial charge in [-0.05, 0) is 68.1 Å². The van der Waals surface area contributed by atoms with Crippen molar-refractivity contribution in [1.82, 2.24) is 0 Å². The number of unbranched alkanes of at least 4 members (excludes halogenated alkanes) is 2. The Hall–Kier alpha value is -2.47. The third-order valence-corrected chi connectivity index (χ3v) is 10.4. The molecule has 0 aromatic heterocycles. The smallest absolute Gasteiger partial charge is 0.393 e. The molecule has 43 heavy (non-hydrogen) atoms. The van der Waals surface area contributed by atoms with Crippen LogP contribution in [0.1, 0.15) is 91.9 Å². The maximum atomic E-state index is 15.6. The molecule has 0 aliphatic heterocycles. The minimum atomic E-state index is -3.16. The van der Waals surface area contributed by atoms with E-state index in [9.17, 15) is 34.5 Å². The second-order valence-electron chi connectivity index (χ2n) is 13.1. The summed E-state index contributed by atoms with van der Waals surface area (Å²) in [6.07, 6.45) is 1.32. The minimum absolute atomic E-state index is 0.00198. The van der Waals surface area contributed by atoms with Gasteiger partial charge in [-0.2, -0.15) is 0 Å². The topological polar surface area (TPSA) is 157 Å². The summed E-state index contributed by atoms with van der Waals surface area (Å²) in [4.78, 5) is 50.3. The van der Waals surface area contributed by atoms with E-state index in [-0.39, 0.29) is 49.7 Å². The van der Waals surface area contributed by atoms with Crippen LogP contribution in [-0.2, 0) is 33.4 Å². The first kappa shape index (κ1) is 33.4. The third-order valence-electron chi connectivity index (χ3n) is 10.4. The van der Waals surface area contributed by atoms with Gasteiger partial charge in [0.25, 0.3) is 0 Å². The van der Waals surface area contributed by atoms with Crippen LogP contribution in [0.25, 0.3) is 0 Å². The van der Waals surface area contributed by atoms with E-state index in [2.05, 4.69) is 0 Å². The van der Waals surface area contributed by atoms with Crippen molar-refractivity contribution in [3.8, 4) is 0 Å². The number of rotatable bonds is 12. The molecule has 4 aliphatic carbocycles. The van der Waals surface area contributed by atoms with Crippen LogP contribution in [0.5, 0.6) is 0 Å². The number of ether oxygens (including phenoxy) is 3. The highest BCUT2D eigenvalue weighted by Crippen LogP contribution is 2.67. The summed E-state index contributed by atoms with van der Waals surface area (Å²) in [6.45, 7) is 6.27. The van der Waals surface area contributed by atoms with Crippen LogP contribution < -0.4 is 0 Å². The Kier molecular flexibility index (Phi) is 9.71. The number of ketones is 2. The molecule has 3 N–H and O–H groups in total. The van der Waals surface area contributed by atoms with E-state index in [4.69, 9.17) is 14.2 Å². The molecule has 240 valence electrons. The van der Waals surface area contributed by atoms with E-state index < -0.39 is 65.1 Å². The number of allylic oxidation sites excluding steroid dienone is 4. The van der Waals surface area contributed by atoms with Gasteiger partial charge in [-0.1, -0.05) is 46.6 Å². The summed E-state index contributed by atoms with van der Waals surface area (Å²) in [6, 6.07) is 0. The fourth-order valence-corrected chi connectivity index (χ4v) is 8.19. The van der Waals surface area contributed by atoms with Gasteiger partial charge in [-0.3, -0.25) is 29.0 Å². The van der Waals surface area contributed by atoms with Crippen LogP contribution in [0.2, 0.25) is 0 Å². The Morgan fingerprint density at radius 3 is 2.28 bits per heavy atom. The summed E-state index contributed by atoms with van der Waals surface area (Å²) >= 11 is 0. The molecule has 0 aromatic carbocycles. The summed E-state index contributed by atoms with van der Waals surface area (Å²) in [5.41, 5.74) is -3.73. The lowest BCUT2D eigenvalue weighted by molar-refractivity contribution is -0.448. The number of aliphatic hydroxyl groups excluding tert-OH is 1. The van der Waals surface area contributed by atoms with Crippen LogP contribution in [0.3, 0.4) is 0 Å². The van der Waals surface area contributed by atoms with Crippen LogP contribution in [0.4, 0.5) is 4.39 Å². The SMILES string of the molecule is CCCCC(=O)OC(O)(OCC(=O)[C@@]1(O)CC[C@H]2[C@@H]3C[C@H](F)C4=CC(=O)C=C[C@]4(C)[C@H]3C(O)C[C@@]21C)OC(=O)CCCC. The lowest BCUT2D eigenvalue weighted by atomic mass is 9.46. The number of hydrogen-bond donors (Lipinski definition) is 3. The summed E-state index contributed by atoms with van der Waals surface area (Å²) in [7, 11) is 0. The number of aliphatic hydroxyl groups is 3. The van der Waals surface area contributed by atoms with E-state index in [0.717, 1.165) is 0 Å². The average molecular weight is 609 g/mol.